The molecule has 0 bridgehead atoms. The van der Waals surface area contributed by atoms with Crippen molar-refractivity contribution in [3.63, 3.8) is 0 Å². The molecule has 43 heavy (non-hydrogen) atoms. The summed E-state index contributed by atoms with van der Waals surface area (Å²) in [4.78, 5) is 22.5. The summed E-state index contributed by atoms with van der Waals surface area (Å²) < 4.78 is 28.4. The third-order valence-corrected chi connectivity index (χ3v) is 7.21. The number of hydrogen-bond acceptors (Lipinski definition) is 4. The number of aryl methyl sites for hydroxylation is 4. The lowest BCUT2D eigenvalue weighted by molar-refractivity contribution is -0.138. The van der Waals surface area contributed by atoms with Crippen molar-refractivity contribution in [3.8, 4) is 11.5 Å². The zero-order chi connectivity index (χ0) is 30.9. The largest absolute Gasteiger partial charge is 0.494 e. The van der Waals surface area contributed by atoms with Gasteiger partial charge in [0.2, 0.25) is 0 Å². The van der Waals surface area contributed by atoms with Crippen LogP contribution in [0.5, 0.6) is 11.5 Å². The number of hydrogen-bond donors (Lipinski definition) is 2. The van der Waals surface area contributed by atoms with Crippen molar-refractivity contribution in [2.24, 2.45) is 0 Å². The molecule has 1 aromatic heterocycles. The lowest BCUT2D eigenvalue weighted by Crippen LogP contribution is -2.08. The van der Waals surface area contributed by atoms with Crippen LogP contribution in [0.3, 0.4) is 0 Å². The van der Waals surface area contributed by atoms with Crippen molar-refractivity contribution in [1.29, 1.82) is 0 Å². The van der Waals surface area contributed by atoms with Gasteiger partial charge in [0.1, 0.15) is 23.9 Å². The van der Waals surface area contributed by atoms with Crippen LogP contribution < -0.4 is 9.47 Å². The molecular formula is C35H38FNO6. The van der Waals surface area contributed by atoms with E-state index < -0.39 is 17.8 Å². The van der Waals surface area contributed by atoms with E-state index in [1.807, 2.05) is 36.4 Å². The minimum Gasteiger partial charge on any atom is -0.494 e. The lowest BCUT2D eigenvalue weighted by atomic mass is 10.0. The van der Waals surface area contributed by atoms with Crippen molar-refractivity contribution in [2.45, 2.75) is 59.4 Å². The van der Waals surface area contributed by atoms with Crippen LogP contribution in [0.25, 0.3) is 23.1 Å². The first-order valence-electron chi connectivity index (χ1n) is 14.5. The predicted molar refractivity (Wildman–Crippen MR) is 166 cm³/mol. The third kappa shape index (κ3) is 8.47. The van der Waals surface area contributed by atoms with Gasteiger partial charge in [0.05, 0.1) is 18.7 Å². The summed E-state index contributed by atoms with van der Waals surface area (Å²) in [6, 6.07) is 14.9. The molecule has 0 aliphatic rings. The molecule has 0 saturated heterocycles. The highest BCUT2D eigenvalue weighted by Gasteiger charge is 2.17. The first kappa shape index (κ1) is 31.3. The van der Waals surface area contributed by atoms with Crippen LogP contribution in [0.4, 0.5) is 4.39 Å². The number of carboxylic acid groups (broad SMARTS) is 2. The van der Waals surface area contributed by atoms with Crippen LogP contribution in [0.2, 0.25) is 0 Å². The van der Waals surface area contributed by atoms with Gasteiger partial charge in [-0.2, -0.15) is 0 Å². The molecule has 2 N–H and O–H groups in total. The fourth-order valence-electron chi connectivity index (χ4n) is 5.36. The van der Waals surface area contributed by atoms with Crippen LogP contribution >= 0.6 is 0 Å². The Labute approximate surface area is 251 Å². The van der Waals surface area contributed by atoms with Crippen LogP contribution in [0.15, 0.2) is 54.7 Å². The summed E-state index contributed by atoms with van der Waals surface area (Å²) >= 11 is 0. The molecule has 0 unspecified atom stereocenters. The first-order chi connectivity index (χ1) is 20.6. The zero-order valence-electron chi connectivity index (χ0n) is 24.9. The number of unbranched alkanes of at least 4 members (excludes halogenated alkanes) is 1. The van der Waals surface area contributed by atoms with Gasteiger partial charge in [-0.05, 0) is 98.5 Å². The highest BCUT2D eigenvalue weighted by molar-refractivity contribution is 5.94. The summed E-state index contributed by atoms with van der Waals surface area (Å²) in [7, 11) is 0. The Balaban J connectivity index is 1.36. The van der Waals surface area contributed by atoms with Gasteiger partial charge in [-0.1, -0.05) is 42.0 Å². The number of halogens is 1. The normalized spacial score (nSPS) is 11.3. The van der Waals surface area contributed by atoms with Crippen molar-refractivity contribution < 1.29 is 33.7 Å². The highest BCUT2D eigenvalue weighted by Crippen LogP contribution is 2.30. The van der Waals surface area contributed by atoms with Crippen LogP contribution in [0, 0.1) is 26.6 Å². The standard InChI is InChI=1S/C35H38FNO6/c1-23-19-24(2)35(25(3)20-23)43-18-5-4-17-42-29-14-10-26(11-15-29)9-12-27-13-16-30(36)33-28(7-6-8-31(38)39)21-37(34(27)33)22-32(40)41/h9-16,19-21H,4-8,17-18,22H2,1-3H3,(H,38,39)(H,40,41). The number of nitrogens with zero attached hydrogens (tertiary/aromatic N) is 1. The van der Waals surface area contributed by atoms with Gasteiger partial charge >= 0.3 is 11.9 Å². The number of carboxylic acids is 2. The first-order valence-corrected chi connectivity index (χ1v) is 14.5. The number of aromatic nitrogens is 1. The number of ether oxygens (including phenoxy) is 2. The summed E-state index contributed by atoms with van der Waals surface area (Å²) in [5.74, 6) is -0.720. The molecule has 0 amide bonds. The SMILES string of the molecule is Cc1cc(C)c(OCCCCOc2ccc(C=Cc3ccc(F)c4c(CCCC(=O)O)cn(CC(=O)O)c34)cc2)c(C)c1. The van der Waals surface area contributed by atoms with E-state index in [1.54, 1.807) is 12.3 Å². The molecule has 4 rings (SSSR count). The minimum atomic E-state index is -1.05. The zero-order valence-corrected chi connectivity index (χ0v) is 24.9. The molecule has 0 aliphatic heterocycles. The molecular weight excluding hydrogens is 549 g/mol. The van der Waals surface area contributed by atoms with E-state index in [2.05, 4.69) is 32.9 Å². The summed E-state index contributed by atoms with van der Waals surface area (Å²) in [6.45, 7) is 7.10. The van der Waals surface area contributed by atoms with E-state index >= 15 is 0 Å². The maximum absolute atomic E-state index is 14.9. The van der Waals surface area contributed by atoms with E-state index in [9.17, 15) is 19.1 Å². The van der Waals surface area contributed by atoms with E-state index in [0.717, 1.165) is 41.0 Å². The average molecular weight is 588 g/mol. The van der Waals surface area contributed by atoms with Crippen molar-refractivity contribution in [1.82, 2.24) is 4.57 Å². The Morgan fingerprint density at radius 1 is 0.860 bits per heavy atom. The Morgan fingerprint density at radius 3 is 2.19 bits per heavy atom. The van der Waals surface area contributed by atoms with Gasteiger partial charge in [-0.3, -0.25) is 9.59 Å². The predicted octanol–water partition coefficient (Wildman–Crippen LogP) is 7.61. The summed E-state index contributed by atoms with van der Waals surface area (Å²) in [5.41, 5.74) is 6.17. The van der Waals surface area contributed by atoms with Gasteiger partial charge in [0.15, 0.2) is 0 Å². The Hall–Kier alpha value is -4.59. The molecule has 8 heteroatoms. The highest BCUT2D eigenvalue weighted by atomic mass is 19.1. The fraction of sp³-hybridized carbons (Fsp3) is 0.314. The second kappa shape index (κ2) is 14.5. The fourth-order valence-corrected chi connectivity index (χ4v) is 5.36. The molecule has 0 spiro atoms. The number of fused-ring (bicyclic) bond motifs is 1. The van der Waals surface area contributed by atoms with Crippen molar-refractivity contribution in [3.05, 3.63) is 93.9 Å². The topological polar surface area (TPSA) is 98.0 Å². The van der Waals surface area contributed by atoms with Crippen LogP contribution in [0.1, 0.15) is 59.1 Å². The second-order valence-electron chi connectivity index (χ2n) is 10.8. The second-order valence-corrected chi connectivity index (χ2v) is 10.8. The molecule has 0 radical (unpaired) electrons. The molecule has 0 fully saturated rings. The maximum Gasteiger partial charge on any atom is 0.323 e. The van der Waals surface area contributed by atoms with Gasteiger partial charge in [-0.15, -0.1) is 0 Å². The monoisotopic (exact) mass is 587 g/mol. The van der Waals surface area contributed by atoms with E-state index in [1.165, 1.54) is 16.2 Å². The number of aliphatic carboxylic acids is 2. The van der Waals surface area contributed by atoms with Gasteiger partial charge in [0, 0.05) is 18.0 Å². The summed E-state index contributed by atoms with van der Waals surface area (Å²) in [5, 5.41) is 18.7. The van der Waals surface area contributed by atoms with E-state index in [-0.39, 0.29) is 13.0 Å². The Morgan fingerprint density at radius 2 is 1.53 bits per heavy atom. The minimum absolute atomic E-state index is 0.0472. The molecule has 7 nitrogen and oxygen atoms in total. The molecule has 1 heterocycles. The van der Waals surface area contributed by atoms with E-state index in [0.29, 0.717) is 48.1 Å². The van der Waals surface area contributed by atoms with Gasteiger partial charge < -0.3 is 24.3 Å². The molecule has 0 aliphatic carbocycles. The number of rotatable bonds is 15. The molecule has 3 aromatic carbocycles. The Bertz CT molecular complexity index is 1600. The third-order valence-electron chi connectivity index (χ3n) is 7.21. The smallest absolute Gasteiger partial charge is 0.323 e. The van der Waals surface area contributed by atoms with Crippen molar-refractivity contribution >= 4 is 35.0 Å². The van der Waals surface area contributed by atoms with Crippen molar-refractivity contribution in [2.75, 3.05) is 13.2 Å². The average Bonchev–Trinajstić information content (AvgIpc) is 3.30. The molecule has 4 aromatic rings. The Kier molecular flexibility index (Phi) is 10.6. The molecule has 0 saturated carbocycles. The number of benzene rings is 3. The molecule has 226 valence electrons. The van der Waals surface area contributed by atoms with Gasteiger partial charge in [-0.25, -0.2) is 4.39 Å². The maximum atomic E-state index is 14.9. The lowest BCUT2D eigenvalue weighted by Gasteiger charge is -2.13. The van der Waals surface area contributed by atoms with Crippen LogP contribution in [-0.4, -0.2) is 39.9 Å². The quantitative estimate of drug-likeness (QED) is 0.110. The molecule has 0 atom stereocenters. The van der Waals surface area contributed by atoms with Crippen LogP contribution in [-0.2, 0) is 22.6 Å². The van der Waals surface area contributed by atoms with E-state index in [4.69, 9.17) is 14.6 Å². The summed E-state index contributed by atoms with van der Waals surface area (Å²) in [6.07, 6.45) is 7.68. The number of carbonyl (C=O) groups is 2. The van der Waals surface area contributed by atoms with Gasteiger partial charge in [0.25, 0.3) is 0 Å².